The molecule has 0 saturated carbocycles. The van der Waals surface area contributed by atoms with Gasteiger partial charge in [0.1, 0.15) is 18.0 Å². The van der Waals surface area contributed by atoms with Crippen LogP contribution in [0.5, 0.6) is 0 Å². The number of halogens is 2. The van der Waals surface area contributed by atoms with Crippen molar-refractivity contribution in [3.05, 3.63) is 68.3 Å². The summed E-state index contributed by atoms with van der Waals surface area (Å²) in [5.74, 6) is -2.54. The number of benzene rings is 1. The Morgan fingerprint density at radius 3 is 2.66 bits per heavy atom. The first-order chi connectivity index (χ1) is 13.9. The number of thiophene rings is 1. The van der Waals surface area contributed by atoms with E-state index in [1.165, 1.54) is 23.5 Å². The van der Waals surface area contributed by atoms with Crippen LogP contribution in [-0.2, 0) is 14.3 Å². The van der Waals surface area contributed by atoms with E-state index in [4.69, 9.17) is 21.1 Å². The van der Waals surface area contributed by atoms with Crippen LogP contribution in [0.4, 0.5) is 9.18 Å². The third kappa shape index (κ3) is 4.57. The van der Waals surface area contributed by atoms with E-state index in [2.05, 4.69) is 10.6 Å². The molecule has 0 aliphatic carbocycles. The number of hydrogen-bond donors (Lipinski definition) is 2. The number of ether oxygens (including phenoxy) is 2. The Morgan fingerprint density at radius 1 is 1.21 bits per heavy atom. The lowest BCUT2D eigenvalue weighted by atomic mass is 10.0. The van der Waals surface area contributed by atoms with Crippen molar-refractivity contribution >= 4 is 40.9 Å². The normalized spacial score (nSPS) is 16.1. The minimum atomic E-state index is -1.02. The summed E-state index contributed by atoms with van der Waals surface area (Å²) < 4.78 is 24.2. The Hall–Kier alpha value is -2.91. The summed E-state index contributed by atoms with van der Waals surface area (Å²) >= 11 is 7.21. The summed E-state index contributed by atoms with van der Waals surface area (Å²) in [5.41, 5.74) is -0.282. The quantitative estimate of drug-likeness (QED) is 0.672. The number of hydrogen-bond acceptors (Lipinski definition) is 6. The van der Waals surface area contributed by atoms with E-state index >= 15 is 0 Å². The van der Waals surface area contributed by atoms with Gasteiger partial charge in [0.05, 0.1) is 28.9 Å². The van der Waals surface area contributed by atoms with Gasteiger partial charge in [-0.05, 0) is 30.5 Å². The summed E-state index contributed by atoms with van der Waals surface area (Å²) in [6.45, 7) is 1.28. The average Bonchev–Trinajstić information content (AvgIpc) is 3.20. The lowest BCUT2D eigenvalue weighted by Crippen LogP contribution is -2.47. The van der Waals surface area contributed by atoms with E-state index in [0.29, 0.717) is 4.88 Å². The van der Waals surface area contributed by atoms with E-state index in [1.807, 2.05) is 0 Å². The molecule has 2 N–H and O–H groups in total. The molecule has 1 aliphatic heterocycles. The average molecular weight is 439 g/mol. The number of carbonyl (C=O) groups is 3. The lowest BCUT2D eigenvalue weighted by Gasteiger charge is -2.28. The van der Waals surface area contributed by atoms with Gasteiger partial charge in [-0.2, -0.15) is 0 Å². The van der Waals surface area contributed by atoms with E-state index in [9.17, 15) is 18.8 Å². The minimum absolute atomic E-state index is 0.0476. The fraction of sp³-hybridized carbons (Fsp3) is 0.211. The molecule has 1 atom stereocenters. The molecular formula is C19H16ClFN2O5S. The standard InChI is InChI=1S/C19H16ClFN2O5S/c1-2-27-18(25)15-12(22-19(26)23-16(15)13-7-4-8-29-13)9-28-17(24)14-10(20)5-3-6-11(14)21/h3-8,16H,2,9H2,1H3,(H2,22,23,26). The highest BCUT2D eigenvalue weighted by Gasteiger charge is 2.35. The van der Waals surface area contributed by atoms with Crippen LogP contribution >= 0.6 is 22.9 Å². The van der Waals surface area contributed by atoms with Gasteiger partial charge < -0.3 is 20.1 Å². The fourth-order valence-electron chi connectivity index (χ4n) is 2.75. The molecular weight excluding hydrogens is 423 g/mol. The number of amides is 2. The first kappa shape index (κ1) is 20.8. The summed E-state index contributed by atoms with van der Waals surface area (Å²) in [4.78, 5) is 37.7. The predicted molar refractivity (Wildman–Crippen MR) is 104 cm³/mol. The topological polar surface area (TPSA) is 93.7 Å². The van der Waals surface area contributed by atoms with Crippen molar-refractivity contribution in [2.75, 3.05) is 13.2 Å². The molecule has 10 heteroatoms. The van der Waals surface area contributed by atoms with Crippen molar-refractivity contribution in [3.63, 3.8) is 0 Å². The van der Waals surface area contributed by atoms with Crippen LogP contribution in [0.2, 0.25) is 5.02 Å². The highest BCUT2D eigenvalue weighted by molar-refractivity contribution is 7.10. The Balaban J connectivity index is 1.92. The molecule has 2 aromatic rings. The van der Waals surface area contributed by atoms with E-state index < -0.39 is 42.0 Å². The van der Waals surface area contributed by atoms with Crippen LogP contribution in [-0.4, -0.2) is 31.2 Å². The van der Waals surface area contributed by atoms with Crippen LogP contribution in [0.25, 0.3) is 0 Å². The zero-order valence-corrected chi connectivity index (χ0v) is 16.7. The van der Waals surface area contributed by atoms with Gasteiger partial charge in [0.15, 0.2) is 0 Å². The van der Waals surface area contributed by atoms with Crippen LogP contribution in [0.1, 0.15) is 28.2 Å². The molecule has 1 aliphatic rings. The first-order valence-corrected chi connectivity index (χ1v) is 9.80. The fourth-order valence-corrected chi connectivity index (χ4v) is 3.78. The maximum Gasteiger partial charge on any atom is 0.343 e. The molecule has 0 saturated heterocycles. The van der Waals surface area contributed by atoms with Gasteiger partial charge in [-0.15, -0.1) is 11.3 Å². The Morgan fingerprint density at radius 2 is 2.00 bits per heavy atom. The molecule has 0 radical (unpaired) electrons. The smallest absolute Gasteiger partial charge is 0.343 e. The second-order valence-corrected chi connectivity index (χ2v) is 7.22. The van der Waals surface area contributed by atoms with Gasteiger partial charge in [-0.3, -0.25) is 0 Å². The molecule has 1 aromatic carbocycles. The third-order valence-electron chi connectivity index (χ3n) is 3.99. The van der Waals surface area contributed by atoms with Crippen molar-refractivity contribution < 1.29 is 28.2 Å². The zero-order chi connectivity index (χ0) is 21.0. The maximum atomic E-state index is 13.9. The summed E-state index contributed by atoms with van der Waals surface area (Å²) in [5, 5.41) is 6.81. The van der Waals surface area contributed by atoms with Gasteiger partial charge in [0.2, 0.25) is 0 Å². The molecule has 1 unspecified atom stereocenters. The highest BCUT2D eigenvalue weighted by Crippen LogP contribution is 2.31. The summed E-state index contributed by atoms with van der Waals surface area (Å²) in [7, 11) is 0. The molecule has 0 fully saturated rings. The molecule has 2 heterocycles. The van der Waals surface area contributed by atoms with E-state index in [1.54, 1.807) is 24.4 Å². The maximum absolute atomic E-state index is 13.9. The monoisotopic (exact) mass is 438 g/mol. The molecule has 0 bridgehead atoms. The largest absolute Gasteiger partial charge is 0.463 e. The van der Waals surface area contributed by atoms with Gasteiger partial charge in [0, 0.05) is 4.88 Å². The highest BCUT2D eigenvalue weighted by atomic mass is 35.5. The Kier molecular flexibility index (Phi) is 6.50. The van der Waals surface area contributed by atoms with Gasteiger partial charge in [-0.1, -0.05) is 23.7 Å². The molecule has 7 nitrogen and oxygen atoms in total. The van der Waals surface area contributed by atoms with Gasteiger partial charge in [0.25, 0.3) is 0 Å². The number of carbonyl (C=O) groups excluding carboxylic acids is 3. The predicted octanol–water partition coefficient (Wildman–Crippen LogP) is 3.57. The molecule has 0 spiro atoms. The number of esters is 2. The van der Waals surface area contributed by atoms with Crippen molar-refractivity contribution in [2.24, 2.45) is 0 Å². The second kappa shape index (κ2) is 9.06. The molecule has 3 rings (SSSR count). The third-order valence-corrected chi connectivity index (χ3v) is 5.24. The molecule has 2 amide bonds. The molecule has 152 valence electrons. The summed E-state index contributed by atoms with van der Waals surface area (Å²) in [6.07, 6.45) is 0. The van der Waals surface area contributed by atoms with Gasteiger partial charge >= 0.3 is 18.0 Å². The van der Waals surface area contributed by atoms with Crippen LogP contribution in [0, 0.1) is 5.82 Å². The van der Waals surface area contributed by atoms with Crippen molar-refractivity contribution in [2.45, 2.75) is 13.0 Å². The first-order valence-electron chi connectivity index (χ1n) is 8.54. The van der Waals surface area contributed by atoms with Crippen LogP contribution < -0.4 is 10.6 Å². The molecule has 29 heavy (non-hydrogen) atoms. The second-order valence-electron chi connectivity index (χ2n) is 5.83. The van der Waals surface area contributed by atoms with Gasteiger partial charge in [-0.25, -0.2) is 18.8 Å². The van der Waals surface area contributed by atoms with E-state index in [0.717, 1.165) is 6.07 Å². The van der Waals surface area contributed by atoms with E-state index in [-0.39, 0.29) is 22.9 Å². The summed E-state index contributed by atoms with van der Waals surface area (Å²) in [6, 6.07) is 5.96. The lowest BCUT2D eigenvalue weighted by molar-refractivity contribution is -0.139. The van der Waals surface area contributed by atoms with Crippen molar-refractivity contribution in [1.82, 2.24) is 10.6 Å². The minimum Gasteiger partial charge on any atom is -0.463 e. The number of rotatable bonds is 6. The Labute approximate surface area is 174 Å². The number of nitrogens with one attached hydrogen (secondary N) is 2. The molecule has 1 aromatic heterocycles. The SMILES string of the molecule is CCOC(=O)C1=C(COC(=O)c2c(F)cccc2Cl)NC(=O)NC1c1cccs1. The van der Waals surface area contributed by atoms with Crippen molar-refractivity contribution in [1.29, 1.82) is 0 Å². The van der Waals surface area contributed by atoms with Crippen molar-refractivity contribution in [3.8, 4) is 0 Å². The number of urea groups is 1. The Bertz CT molecular complexity index is 957. The van der Waals surface area contributed by atoms with Crippen LogP contribution in [0.15, 0.2) is 47.0 Å². The van der Waals surface area contributed by atoms with Crippen LogP contribution in [0.3, 0.4) is 0 Å². The zero-order valence-electron chi connectivity index (χ0n) is 15.2.